The Morgan fingerprint density at radius 2 is 2.04 bits per heavy atom. The third-order valence-corrected chi connectivity index (χ3v) is 5.86. The van der Waals surface area contributed by atoms with Gasteiger partial charge in [0.05, 0.1) is 5.92 Å². The largest absolute Gasteiger partial charge is 0.481 e. The van der Waals surface area contributed by atoms with Crippen LogP contribution in [0.15, 0.2) is 18.3 Å². The minimum atomic E-state index is -0.693. The van der Waals surface area contributed by atoms with Gasteiger partial charge in [0, 0.05) is 30.9 Å². The molecule has 1 aromatic rings. The zero-order valence-corrected chi connectivity index (χ0v) is 13.6. The summed E-state index contributed by atoms with van der Waals surface area (Å²) in [5, 5.41) is 9.15. The molecule has 6 heteroatoms. The van der Waals surface area contributed by atoms with Crippen molar-refractivity contribution < 1.29 is 19.4 Å². The van der Waals surface area contributed by atoms with Gasteiger partial charge in [-0.2, -0.15) is 0 Å². The number of carboxylic acid groups (broad SMARTS) is 1. The van der Waals surface area contributed by atoms with Gasteiger partial charge in [-0.15, -0.1) is 0 Å². The number of carboxylic acids is 1. The number of ether oxygens (including phenoxy) is 1. The van der Waals surface area contributed by atoms with E-state index in [-0.39, 0.29) is 23.3 Å². The summed E-state index contributed by atoms with van der Waals surface area (Å²) in [4.78, 5) is 29.8. The van der Waals surface area contributed by atoms with Crippen molar-refractivity contribution in [2.75, 3.05) is 13.1 Å². The molecule has 0 unspecified atom stereocenters. The van der Waals surface area contributed by atoms with E-state index in [1.54, 1.807) is 18.3 Å². The number of rotatable bonds is 4. The summed E-state index contributed by atoms with van der Waals surface area (Å²) >= 11 is 0. The molecule has 1 saturated heterocycles. The van der Waals surface area contributed by atoms with E-state index in [1.165, 1.54) is 6.42 Å². The topological polar surface area (TPSA) is 79.7 Å². The molecule has 2 saturated carbocycles. The number of pyridine rings is 1. The number of carbonyl (C=O) groups excluding carboxylic acids is 1. The van der Waals surface area contributed by atoms with Gasteiger partial charge in [0.15, 0.2) is 0 Å². The van der Waals surface area contributed by atoms with Crippen LogP contribution in [0.25, 0.3) is 0 Å². The molecule has 6 nitrogen and oxygen atoms in total. The molecule has 1 amide bonds. The first-order valence-electron chi connectivity index (χ1n) is 8.72. The lowest BCUT2D eigenvalue weighted by Gasteiger charge is -2.32. The first-order chi connectivity index (χ1) is 11.6. The van der Waals surface area contributed by atoms with E-state index in [0.29, 0.717) is 24.5 Å². The molecular formula is C18H22N2O4. The zero-order valence-electron chi connectivity index (χ0n) is 13.6. The van der Waals surface area contributed by atoms with Crippen molar-refractivity contribution in [1.29, 1.82) is 0 Å². The number of likely N-dealkylation sites (tertiary alicyclic amines) is 1. The number of piperidine rings is 1. The number of carbonyl (C=O) groups is 2. The first-order valence-corrected chi connectivity index (χ1v) is 8.72. The standard InChI is InChI=1S/C18H22N2O4/c21-16(12-4-7-19-15(10-12)24-13-2-1-3-13)20-8-5-18(6-9-20)11-14(18)17(22)23/h4,7,10,13-14H,1-3,5-6,8-9,11H2,(H,22,23)/t14-/m1/s1. The minimum Gasteiger partial charge on any atom is -0.481 e. The van der Waals surface area contributed by atoms with Crippen molar-refractivity contribution in [2.24, 2.45) is 11.3 Å². The van der Waals surface area contributed by atoms with Gasteiger partial charge >= 0.3 is 5.97 Å². The Morgan fingerprint density at radius 1 is 1.29 bits per heavy atom. The van der Waals surface area contributed by atoms with E-state index in [1.807, 2.05) is 4.90 Å². The summed E-state index contributed by atoms with van der Waals surface area (Å²) in [5.41, 5.74) is 0.542. The lowest BCUT2D eigenvalue weighted by atomic mass is 9.90. The predicted octanol–water partition coefficient (Wildman–Crippen LogP) is 2.34. The number of aromatic nitrogens is 1. The van der Waals surface area contributed by atoms with E-state index in [2.05, 4.69) is 4.98 Å². The number of hydrogen-bond donors (Lipinski definition) is 1. The van der Waals surface area contributed by atoms with E-state index in [0.717, 1.165) is 32.1 Å². The second-order valence-electron chi connectivity index (χ2n) is 7.30. The third kappa shape index (κ3) is 2.74. The summed E-state index contributed by atoms with van der Waals surface area (Å²) in [6, 6.07) is 3.44. The molecule has 4 rings (SSSR count). The molecule has 0 bridgehead atoms. The molecule has 2 aliphatic carbocycles. The fourth-order valence-corrected chi connectivity index (χ4v) is 3.85. The molecule has 2 heterocycles. The molecule has 0 aromatic carbocycles. The lowest BCUT2D eigenvalue weighted by molar-refractivity contribution is -0.139. The van der Waals surface area contributed by atoms with Gasteiger partial charge in [-0.3, -0.25) is 9.59 Å². The van der Waals surface area contributed by atoms with Crippen molar-refractivity contribution >= 4 is 11.9 Å². The molecule has 1 spiro atoms. The average Bonchev–Trinajstić information content (AvgIpc) is 3.25. The molecule has 24 heavy (non-hydrogen) atoms. The molecule has 1 aromatic heterocycles. The Balaban J connectivity index is 1.38. The maximum absolute atomic E-state index is 12.7. The highest BCUT2D eigenvalue weighted by Crippen LogP contribution is 2.59. The van der Waals surface area contributed by atoms with Crippen molar-refractivity contribution in [3.05, 3.63) is 23.9 Å². The van der Waals surface area contributed by atoms with Crippen LogP contribution in [0.3, 0.4) is 0 Å². The van der Waals surface area contributed by atoms with Gasteiger partial charge in [0.2, 0.25) is 5.88 Å². The van der Waals surface area contributed by atoms with Gasteiger partial charge in [0.25, 0.3) is 5.91 Å². The van der Waals surface area contributed by atoms with Gasteiger partial charge in [-0.25, -0.2) is 4.98 Å². The van der Waals surface area contributed by atoms with Crippen LogP contribution in [0.1, 0.15) is 48.9 Å². The van der Waals surface area contributed by atoms with Crippen LogP contribution in [-0.4, -0.2) is 46.1 Å². The molecular weight excluding hydrogens is 308 g/mol. The van der Waals surface area contributed by atoms with Crippen LogP contribution in [0.4, 0.5) is 0 Å². The van der Waals surface area contributed by atoms with E-state index < -0.39 is 5.97 Å². The van der Waals surface area contributed by atoms with Crippen LogP contribution >= 0.6 is 0 Å². The summed E-state index contributed by atoms with van der Waals surface area (Å²) < 4.78 is 5.76. The molecule has 3 fully saturated rings. The first kappa shape index (κ1) is 15.4. The molecule has 0 radical (unpaired) electrons. The Bertz CT molecular complexity index is 663. The molecule has 128 valence electrons. The second kappa shape index (κ2) is 5.76. The Kier molecular flexibility index (Phi) is 3.70. The van der Waals surface area contributed by atoms with Crippen LogP contribution in [-0.2, 0) is 4.79 Å². The van der Waals surface area contributed by atoms with E-state index in [4.69, 9.17) is 9.84 Å². The van der Waals surface area contributed by atoms with E-state index >= 15 is 0 Å². The van der Waals surface area contributed by atoms with Gasteiger partial charge in [-0.05, 0) is 50.0 Å². The van der Waals surface area contributed by atoms with Crippen molar-refractivity contribution in [2.45, 2.75) is 44.6 Å². The highest BCUT2D eigenvalue weighted by Gasteiger charge is 2.59. The van der Waals surface area contributed by atoms with Crippen molar-refractivity contribution in [1.82, 2.24) is 9.88 Å². The fourth-order valence-electron chi connectivity index (χ4n) is 3.85. The second-order valence-corrected chi connectivity index (χ2v) is 7.30. The van der Waals surface area contributed by atoms with Gasteiger partial charge < -0.3 is 14.7 Å². The van der Waals surface area contributed by atoms with Crippen LogP contribution in [0, 0.1) is 11.3 Å². The molecule has 1 atom stereocenters. The smallest absolute Gasteiger partial charge is 0.307 e. The Labute approximate surface area is 140 Å². The maximum atomic E-state index is 12.7. The zero-order chi connectivity index (χ0) is 16.7. The molecule has 1 aliphatic heterocycles. The highest BCUT2D eigenvalue weighted by molar-refractivity contribution is 5.94. The summed E-state index contributed by atoms with van der Waals surface area (Å²) in [7, 11) is 0. The number of hydrogen-bond acceptors (Lipinski definition) is 4. The van der Waals surface area contributed by atoms with Crippen molar-refractivity contribution in [3.63, 3.8) is 0 Å². The van der Waals surface area contributed by atoms with Gasteiger partial charge in [0.1, 0.15) is 6.10 Å². The lowest BCUT2D eigenvalue weighted by Crippen LogP contribution is -2.40. The summed E-state index contributed by atoms with van der Waals surface area (Å²) in [6.45, 7) is 1.26. The van der Waals surface area contributed by atoms with Crippen LogP contribution < -0.4 is 4.74 Å². The van der Waals surface area contributed by atoms with Crippen LogP contribution in [0.2, 0.25) is 0 Å². The predicted molar refractivity (Wildman–Crippen MR) is 85.8 cm³/mol. The number of aliphatic carboxylic acids is 1. The quantitative estimate of drug-likeness (QED) is 0.916. The minimum absolute atomic E-state index is 0.0155. The molecule has 1 N–H and O–H groups in total. The summed E-state index contributed by atoms with van der Waals surface area (Å²) in [5.74, 6) is -0.398. The Morgan fingerprint density at radius 3 is 2.62 bits per heavy atom. The normalized spacial score (nSPS) is 25.2. The SMILES string of the molecule is O=C(O)[C@H]1CC12CCN(C(=O)c1ccnc(OC3CCC3)c1)CC2. The highest BCUT2D eigenvalue weighted by atomic mass is 16.5. The Hall–Kier alpha value is -2.11. The molecule has 3 aliphatic rings. The van der Waals surface area contributed by atoms with Crippen LogP contribution in [0.5, 0.6) is 5.88 Å². The maximum Gasteiger partial charge on any atom is 0.307 e. The third-order valence-electron chi connectivity index (χ3n) is 5.86. The summed E-state index contributed by atoms with van der Waals surface area (Å²) in [6.07, 6.45) is 7.49. The number of nitrogens with zero attached hydrogens (tertiary/aromatic N) is 2. The van der Waals surface area contributed by atoms with E-state index in [9.17, 15) is 9.59 Å². The van der Waals surface area contributed by atoms with Gasteiger partial charge in [-0.1, -0.05) is 0 Å². The monoisotopic (exact) mass is 330 g/mol. The van der Waals surface area contributed by atoms with Crippen molar-refractivity contribution in [3.8, 4) is 5.88 Å². The average molecular weight is 330 g/mol. The fraction of sp³-hybridized carbons (Fsp3) is 0.611. The number of amides is 1.